The quantitative estimate of drug-likeness (QED) is 0.0913. The van der Waals surface area contributed by atoms with E-state index in [9.17, 15) is 14.4 Å². The summed E-state index contributed by atoms with van der Waals surface area (Å²) in [5, 5.41) is 8.21. The molecule has 0 aliphatic rings. The molecule has 0 fully saturated rings. The van der Waals surface area contributed by atoms with E-state index in [1.807, 2.05) is 74.5 Å². The average molecular weight is 672 g/mol. The molecule has 5 aromatic rings. The van der Waals surface area contributed by atoms with Gasteiger partial charge in [0.25, 0.3) is 11.8 Å². The molecule has 3 N–H and O–H groups in total. The Morgan fingerprint density at radius 2 is 1.45 bits per heavy atom. The molecule has 0 aromatic heterocycles. The van der Waals surface area contributed by atoms with Crippen LogP contribution in [0.15, 0.2) is 132 Å². The number of aryl methyl sites for hydroxylation is 1. The lowest BCUT2D eigenvalue weighted by atomic mass is 10.1. The molecule has 0 bridgehead atoms. The lowest BCUT2D eigenvalue weighted by Crippen LogP contribution is -2.30. The van der Waals surface area contributed by atoms with Crippen molar-refractivity contribution in [2.24, 2.45) is 0 Å². The van der Waals surface area contributed by atoms with Crippen molar-refractivity contribution in [2.45, 2.75) is 24.0 Å². The van der Waals surface area contributed by atoms with Crippen molar-refractivity contribution in [1.29, 1.82) is 0 Å². The fourth-order valence-corrected chi connectivity index (χ4v) is 6.10. The zero-order chi connectivity index (χ0) is 34.8. The highest BCUT2D eigenvalue weighted by Crippen LogP contribution is 2.37. The van der Waals surface area contributed by atoms with Gasteiger partial charge in [-0.2, -0.15) is 0 Å². The number of thioether (sulfide) groups is 1. The van der Waals surface area contributed by atoms with E-state index in [2.05, 4.69) is 16.0 Å². The van der Waals surface area contributed by atoms with Gasteiger partial charge in [0.1, 0.15) is 22.4 Å². The van der Waals surface area contributed by atoms with Gasteiger partial charge < -0.3 is 25.4 Å². The minimum Gasteiger partial charge on any atom is -0.497 e. The topological polar surface area (TPSA) is 106 Å². The first-order chi connectivity index (χ1) is 23.7. The van der Waals surface area contributed by atoms with Crippen molar-refractivity contribution in [3.63, 3.8) is 0 Å². The molecule has 0 saturated carbocycles. The number of methoxy groups -OCH3 is 2. The molecule has 0 radical (unpaired) electrons. The molecule has 0 saturated heterocycles. The Bertz CT molecular complexity index is 1980. The molecule has 49 heavy (non-hydrogen) atoms. The summed E-state index contributed by atoms with van der Waals surface area (Å²) in [6, 6.07) is 36.4. The van der Waals surface area contributed by atoms with Crippen LogP contribution in [0.25, 0.3) is 6.08 Å². The first-order valence-electron chi connectivity index (χ1n) is 15.6. The average Bonchev–Trinajstić information content (AvgIpc) is 3.13. The van der Waals surface area contributed by atoms with Crippen molar-refractivity contribution in [3.05, 3.63) is 155 Å². The lowest BCUT2D eigenvalue weighted by Gasteiger charge is -2.19. The highest BCUT2D eigenvalue weighted by Gasteiger charge is 2.23. The maximum absolute atomic E-state index is 13.8. The highest BCUT2D eigenvalue weighted by molar-refractivity contribution is 8.00. The van der Waals surface area contributed by atoms with Crippen LogP contribution in [0.4, 0.5) is 11.4 Å². The number of rotatable bonds is 12. The standard InChI is InChI=1S/C40H37N3O5S/c1-26-13-11-20-34(27(26)2)42-40(46)37(28-14-7-5-8-15-28)49-33-19-12-18-31(25-33)41-39(45)35(43-38(44)29-16-9-6-10-17-29)24-30-23-32(47-3)21-22-36(30)48-4/h5-25,37H,1-4H3,(H,41,45)(H,42,46)(H,43,44)/b35-24+. The van der Waals surface area contributed by atoms with Crippen molar-refractivity contribution in [3.8, 4) is 11.5 Å². The van der Waals surface area contributed by atoms with Crippen molar-refractivity contribution in [1.82, 2.24) is 5.32 Å². The van der Waals surface area contributed by atoms with E-state index < -0.39 is 17.1 Å². The number of amides is 3. The zero-order valence-electron chi connectivity index (χ0n) is 27.7. The van der Waals surface area contributed by atoms with E-state index in [4.69, 9.17) is 9.47 Å². The van der Waals surface area contributed by atoms with Gasteiger partial charge in [0.15, 0.2) is 0 Å². The van der Waals surface area contributed by atoms with Crippen LogP contribution in [0.5, 0.6) is 11.5 Å². The van der Waals surface area contributed by atoms with E-state index in [1.54, 1.807) is 73.8 Å². The Kier molecular flexibility index (Phi) is 11.5. The molecule has 1 unspecified atom stereocenters. The van der Waals surface area contributed by atoms with Gasteiger partial charge in [-0.05, 0) is 91.2 Å². The highest BCUT2D eigenvalue weighted by atomic mass is 32.2. The molecule has 5 aromatic carbocycles. The van der Waals surface area contributed by atoms with Crippen LogP contribution in [-0.2, 0) is 9.59 Å². The van der Waals surface area contributed by atoms with E-state index in [0.717, 1.165) is 27.3 Å². The molecule has 0 aliphatic carbocycles. The minimum atomic E-state index is -0.576. The van der Waals surface area contributed by atoms with Gasteiger partial charge in [-0.3, -0.25) is 14.4 Å². The molecule has 0 spiro atoms. The largest absolute Gasteiger partial charge is 0.497 e. The van der Waals surface area contributed by atoms with Crippen LogP contribution in [-0.4, -0.2) is 31.9 Å². The number of hydrogen-bond acceptors (Lipinski definition) is 6. The van der Waals surface area contributed by atoms with Gasteiger partial charge >= 0.3 is 0 Å². The summed E-state index contributed by atoms with van der Waals surface area (Å²) in [5.74, 6) is -0.122. The Labute approximate surface area is 290 Å². The molecule has 248 valence electrons. The Balaban J connectivity index is 1.42. The van der Waals surface area contributed by atoms with Crippen molar-refractivity contribution < 1.29 is 23.9 Å². The summed E-state index contributed by atoms with van der Waals surface area (Å²) >= 11 is 1.37. The maximum Gasteiger partial charge on any atom is 0.272 e. The number of nitrogens with one attached hydrogen (secondary N) is 3. The number of benzene rings is 5. The predicted octanol–water partition coefficient (Wildman–Crippen LogP) is 8.20. The molecule has 8 nitrogen and oxygen atoms in total. The van der Waals surface area contributed by atoms with E-state index in [-0.39, 0.29) is 11.6 Å². The normalized spacial score (nSPS) is 11.6. The third kappa shape index (κ3) is 8.97. The second-order valence-corrected chi connectivity index (χ2v) is 12.3. The van der Waals surface area contributed by atoms with Crippen LogP contribution < -0.4 is 25.4 Å². The van der Waals surface area contributed by atoms with Crippen LogP contribution in [0.3, 0.4) is 0 Å². The summed E-state index contributed by atoms with van der Waals surface area (Å²) in [6.45, 7) is 3.99. The smallest absolute Gasteiger partial charge is 0.272 e. The minimum absolute atomic E-state index is 0.00599. The first-order valence-corrected chi connectivity index (χ1v) is 16.4. The third-order valence-electron chi connectivity index (χ3n) is 7.81. The van der Waals surface area contributed by atoms with E-state index >= 15 is 0 Å². The Morgan fingerprint density at radius 3 is 2.16 bits per heavy atom. The summed E-state index contributed by atoms with van der Waals surface area (Å²) in [7, 11) is 3.07. The molecule has 0 heterocycles. The fourth-order valence-electron chi connectivity index (χ4n) is 5.02. The first kappa shape index (κ1) is 34.5. The lowest BCUT2D eigenvalue weighted by molar-refractivity contribution is -0.116. The predicted molar refractivity (Wildman–Crippen MR) is 196 cm³/mol. The summed E-state index contributed by atoms with van der Waals surface area (Å²) < 4.78 is 10.9. The molecule has 9 heteroatoms. The number of anilines is 2. The van der Waals surface area contributed by atoms with E-state index in [1.165, 1.54) is 18.9 Å². The molecule has 1 atom stereocenters. The van der Waals surface area contributed by atoms with Gasteiger partial charge in [-0.1, -0.05) is 66.7 Å². The summed E-state index contributed by atoms with van der Waals surface area (Å²) in [6.07, 6.45) is 1.54. The third-order valence-corrected chi connectivity index (χ3v) is 9.06. The Morgan fingerprint density at radius 1 is 0.735 bits per heavy atom. The van der Waals surface area contributed by atoms with Crippen LogP contribution in [0.2, 0.25) is 0 Å². The molecule has 0 aliphatic heterocycles. The second kappa shape index (κ2) is 16.3. The molecule has 3 amide bonds. The monoisotopic (exact) mass is 671 g/mol. The zero-order valence-corrected chi connectivity index (χ0v) is 28.5. The molecular weight excluding hydrogens is 635 g/mol. The Hall–Kier alpha value is -5.80. The SMILES string of the molecule is COc1ccc(OC)c(/C=C(/NC(=O)c2ccccc2)C(=O)Nc2cccc(SC(C(=O)Nc3cccc(C)c3C)c3ccccc3)c2)c1. The fraction of sp³-hybridized carbons (Fsp3) is 0.125. The molecule has 5 rings (SSSR count). The summed E-state index contributed by atoms with van der Waals surface area (Å²) in [4.78, 5) is 41.5. The number of ether oxygens (including phenoxy) is 2. The van der Waals surface area contributed by atoms with Crippen molar-refractivity contribution >= 4 is 46.9 Å². The number of carbonyl (C=O) groups is 3. The van der Waals surface area contributed by atoms with Gasteiger partial charge in [0, 0.05) is 27.4 Å². The van der Waals surface area contributed by atoms with Gasteiger partial charge in [0.05, 0.1) is 14.2 Å². The van der Waals surface area contributed by atoms with Crippen molar-refractivity contribution in [2.75, 3.05) is 24.9 Å². The van der Waals surface area contributed by atoms with Crippen LogP contribution >= 0.6 is 11.8 Å². The van der Waals surface area contributed by atoms with Gasteiger partial charge in [0.2, 0.25) is 5.91 Å². The van der Waals surface area contributed by atoms with Crippen LogP contribution in [0, 0.1) is 13.8 Å². The van der Waals surface area contributed by atoms with Crippen LogP contribution in [0.1, 0.15) is 37.9 Å². The summed E-state index contributed by atoms with van der Waals surface area (Å²) in [5.41, 5.74) is 5.09. The van der Waals surface area contributed by atoms with Gasteiger partial charge in [-0.25, -0.2) is 0 Å². The number of carbonyl (C=O) groups excluding carboxylic acids is 3. The maximum atomic E-state index is 13.8. The molecular formula is C40H37N3O5S. The van der Waals surface area contributed by atoms with Gasteiger partial charge in [-0.15, -0.1) is 11.8 Å². The van der Waals surface area contributed by atoms with E-state index in [0.29, 0.717) is 28.3 Å². The second-order valence-electron chi connectivity index (χ2n) is 11.1. The number of hydrogen-bond donors (Lipinski definition) is 3.